The Morgan fingerprint density at radius 1 is 1.06 bits per heavy atom. The third-order valence-corrected chi connectivity index (χ3v) is 5.56. The van der Waals surface area contributed by atoms with Gasteiger partial charge in [0.15, 0.2) is 0 Å². The number of nitrogens with one attached hydrogen (secondary N) is 2. The van der Waals surface area contributed by atoms with Gasteiger partial charge < -0.3 is 15.4 Å². The van der Waals surface area contributed by atoms with E-state index in [-0.39, 0.29) is 11.8 Å². The smallest absolute Gasteiger partial charge is 0.252 e. The molecule has 1 aliphatic rings. The number of hydrogen-bond donors (Lipinski definition) is 2. The molecule has 32 heavy (non-hydrogen) atoms. The summed E-state index contributed by atoms with van der Waals surface area (Å²) >= 11 is 0. The standard InChI is InChI=1S/C25H28N4O3/c1-2-24(30)27-19-9-7-18(8-10-19)23-17-21(20-5-3-4-6-22(20)28-23)25(31)26-11-12-29-13-15-32-16-14-29/h3-10,17H,2,11-16H2,1H3,(H,26,31)(H,27,30). The molecule has 3 aromatic rings. The Hall–Kier alpha value is -3.29. The summed E-state index contributed by atoms with van der Waals surface area (Å²) in [6.45, 7) is 6.48. The molecule has 0 bridgehead atoms. The van der Waals surface area contributed by atoms with E-state index in [0.717, 1.165) is 60.7 Å². The van der Waals surface area contributed by atoms with Crippen molar-refractivity contribution in [2.24, 2.45) is 0 Å². The first-order valence-electron chi connectivity index (χ1n) is 11.0. The molecule has 2 N–H and O–H groups in total. The molecule has 4 rings (SSSR count). The minimum Gasteiger partial charge on any atom is -0.379 e. The van der Waals surface area contributed by atoms with Crippen molar-refractivity contribution in [3.63, 3.8) is 0 Å². The van der Waals surface area contributed by atoms with Gasteiger partial charge in [-0.1, -0.05) is 37.3 Å². The summed E-state index contributed by atoms with van der Waals surface area (Å²) in [5.74, 6) is -0.137. The summed E-state index contributed by atoms with van der Waals surface area (Å²) in [6.07, 6.45) is 0.429. The first-order chi connectivity index (χ1) is 15.6. The van der Waals surface area contributed by atoms with Crippen LogP contribution in [-0.4, -0.2) is 61.1 Å². The predicted octanol–water partition coefficient (Wildman–Crippen LogP) is 3.31. The summed E-state index contributed by atoms with van der Waals surface area (Å²) in [5, 5.41) is 6.73. The third-order valence-electron chi connectivity index (χ3n) is 5.56. The fraction of sp³-hybridized carbons (Fsp3) is 0.320. The van der Waals surface area contributed by atoms with Crippen LogP contribution in [0.5, 0.6) is 0 Å². The molecule has 0 atom stereocenters. The van der Waals surface area contributed by atoms with E-state index in [0.29, 0.717) is 18.5 Å². The quantitative estimate of drug-likeness (QED) is 0.599. The van der Waals surface area contributed by atoms with Crippen molar-refractivity contribution >= 4 is 28.4 Å². The fourth-order valence-electron chi connectivity index (χ4n) is 3.73. The maximum absolute atomic E-state index is 13.1. The van der Waals surface area contributed by atoms with Gasteiger partial charge in [0.05, 0.1) is 30.0 Å². The lowest BCUT2D eigenvalue weighted by Gasteiger charge is -2.26. The summed E-state index contributed by atoms with van der Waals surface area (Å²) in [5.41, 5.74) is 3.72. The van der Waals surface area contributed by atoms with Crippen LogP contribution in [0.4, 0.5) is 5.69 Å². The SMILES string of the molecule is CCC(=O)Nc1ccc(-c2cc(C(=O)NCCN3CCOCC3)c3ccccc3n2)cc1. The van der Waals surface area contributed by atoms with E-state index in [2.05, 4.69) is 15.5 Å². The molecule has 0 saturated carbocycles. The summed E-state index contributed by atoms with van der Waals surface area (Å²) < 4.78 is 5.38. The number of benzene rings is 2. The van der Waals surface area contributed by atoms with Crippen LogP contribution in [0, 0.1) is 0 Å². The minimum atomic E-state index is -0.107. The molecule has 1 saturated heterocycles. The van der Waals surface area contributed by atoms with Crippen molar-refractivity contribution in [3.8, 4) is 11.3 Å². The second-order valence-electron chi connectivity index (χ2n) is 7.76. The van der Waals surface area contributed by atoms with Crippen molar-refractivity contribution in [2.75, 3.05) is 44.7 Å². The molecule has 0 aliphatic carbocycles. The van der Waals surface area contributed by atoms with E-state index in [1.54, 1.807) is 0 Å². The second-order valence-corrected chi connectivity index (χ2v) is 7.76. The average molecular weight is 433 g/mol. The van der Waals surface area contributed by atoms with Crippen LogP contribution in [0.1, 0.15) is 23.7 Å². The number of carbonyl (C=O) groups is 2. The number of aromatic nitrogens is 1. The van der Waals surface area contributed by atoms with Crippen molar-refractivity contribution in [2.45, 2.75) is 13.3 Å². The number of para-hydroxylation sites is 1. The summed E-state index contributed by atoms with van der Waals surface area (Å²) in [4.78, 5) is 31.7. The number of pyridine rings is 1. The van der Waals surface area contributed by atoms with Crippen LogP contribution >= 0.6 is 0 Å². The highest BCUT2D eigenvalue weighted by atomic mass is 16.5. The van der Waals surface area contributed by atoms with Gasteiger partial charge in [-0.05, 0) is 24.3 Å². The minimum absolute atomic E-state index is 0.0300. The summed E-state index contributed by atoms with van der Waals surface area (Å²) in [7, 11) is 0. The zero-order chi connectivity index (χ0) is 22.3. The van der Waals surface area contributed by atoms with Crippen LogP contribution in [0.3, 0.4) is 0 Å². The van der Waals surface area contributed by atoms with Crippen LogP contribution in [-0.2, 0) is 9.53 Å². The molecule has 1 aliphatic heterocycles. The van der Waals surface area contributed by atoms with Crippen molar-refractivity contribution < 1.29 is 14.3 Å². The molecule has 2 amide bonds. The molecule has 166 valence electrons. The van der Waals surface area contributed by atoms with Crippen LogP contribution in [0.15, 0.2) is 54.6 Å². The lowest BCUT2D eigenvalue weighted by atomic mass is 10.0. The number of amides is 2. The Labute approximate surface area is 187 Å². The molecule has 0 spiro atoms. The van der Waals surface area contributed by atoms with Crippen LogP contribution in [0.25, 0.3) is 22.2 Å². The third kappa shape index (κ3) is 5.30. The topological polar surface area (TPSA) is 83.6 Å². The number of nitrogens with zero attached hydrogens (tertiary/aromatic N) is 2. The number of carbonyl (C=O) groups excluding carboxylic acids is 2. The van der Waals surface area contributed by atoms with Crippen molar-refractivity contribution in [1.29, 1.82) is 0 Å². The van der Waals surface area contributed by atoms with Gasteiger partial charge in [-0.3, -0.25) is 14.5 Å². The van der Waals surface area contributed by atoms with E-state index in [4.69, 9.17) is 9.72 Å². The van der Waals surface area contributed by atoms with Crippen molar-refractivity contribution in [1.82, 2.24) is 15.2 Å². The molecule has 0 radical (unpaired) electrons. The maximum Gasteiger partial charge on any atom is 0.252 e. The Morgan fingerprint density at radius 2 is 1.81 bits per heavy atom. The van der Waals surface area contributed by atoms with Gasteiger partial charge in [0.1, 0.15) is 0 Å². The van der Waals surface area contributed by atoms with Crippen LogP contribution < -0.4 is 10.6 Å². The number of rotatable bonds is 7. The Bertz CT molecular complexity index is 1090. The Kier molecular flexibility index (Phi) is 7.09. The zero-order valence-corrected chi connectivity index (χ0v) is 18.3. The van der Waals surface area contributed by atoms with E-state index in [1.165, 1.54) is 0 Å². The van der Waals surface area contributed by atoms with E-state index >= 15 is 0 Å². The van der Waals surface area contributed by atoms with Gasteiger partial charge in [0, 0.05) is 49.2 Å². The Balaban J connectivity index is 1.54. The first-order valence-corrected chi connectivity index (χ1v) is 11.0. The normalized spacial score (nSPS) is 14.3. The number of morpholine rings is 1. The lowest BCUT2D eigenvalue weighted by Crippen LogP contribution is -2.41. The fourth-order valence-corrected chi connectivity index (χ4v) is 3.73. The van der Waals surface area contributed by atoms with Gasteiger partial charge in [-0.25, -0.2) is 4.98 Å². The molecule has 1 aromatic heterocycles. The van der Waals surface area contributed by atoms with E-state index in [1.807, 2.05) is 61.5 Å². The van der Waals surface area contributed by atoms with Crippen LogP contribution in [0.2, 0.25) is 0 Å². The van der Waals surface area contributed by atoms with Crippen molar-refractivity contribution in [3.05, 3.63) is 60.2 Å². The molecule has 0 unspecified atom stereocenters. The summed E-state index contributed by atoms with van der Waals surface area (Å²) in [6, 6.07) is 17.0. The highest BCUT2D eigenvalue weighted by Crippen LogP contribution is 2.26. The van der Waals surface area contributed by atoms with E-state index < -0.39 is 0 Å². The van der Waals surface area contributed by atoms with E-state index in [9.17, 15) is 9.59 Å². The van der Waals surface area contributed by atoms with Gasteiger partial charge >= 0.3 is 0 Å². The lowest BCUT2D eigenvalue weighted by molar-refractivity contribution is -0.115. The monoisotopic (exact) mass is 432 g/mol. The molecular formula is C25H28N4O3. The molecule has 2 heterocycles. The Morgan fingerprint density at radius 3 is 2.56 bits per heavy atom. The predicted molar refractivity (Wildman–Crippen MR) is 126 cm³/mol. The molecule has 7 nitrogen and oxygen atoms in total. The first kappa shape index (κ1) is 21.9. The van der Waals surface area contributed by atoms with Gasteiger partial charge in [0.2, 0.25) is 5.91 Å². The maximum atomic E-state index is 13.1. The second kappa shape index (κ2) is 10.3. The van der Waals surface area contributed by atoms with Gasteiger partial charge in [0.25, 0.3) is 5.91 Å². The number of anilines is 1. The van der Waals surface area contributed by atoms with Gasteiger partial charge in [-0.15, -0.1) is 0 Å². The number of fused-ring (bicyclic) bond motifs is 1. The molecule has 7 heteroatoms. The molecule has 2 aromatic carbocycles. The highest BCUT2D eigenvalue weighted by Gasteiger charge is 2.15. The molecular weight excluding hydrogens is 404 g/mol. The molecule has 1 fully saturated rings. The largest absolute Gasteiger partial charge is 0.379 e. The zero-order valence-electron chi connectivity index (χ0n) is 18.3. The van der Waals surface area contributed by atoms with Gasteiger partial charge in [-0.2, -0.15) is 0 Å². The number of ether oxygens (including phenoxy) is 1. The number of hydrogen-bond acceptors (Lipinski definition) is 5. The average Bonchev–Trinajstić information content (AvgIpc) is 2.84. The highest BCUT2D eigenvalue weighted by molar-refractivity contribution is 6.07.